The van der Waals surface area contributed by atoms with Crippen LogP contribution >= 0.6 is 34.8 Å². The molecule has 0 amide bonds. The lowest BCUT2D eigenvalue weighted by molar-refractivity contribution is 0.103. The number of carbonyl (C=O) groups is 1. The van der Waals surface area contributed by atoms with E-state index in [1.165, 1.54) is 0 Å². The Kier molecular flexibility index (Phi) is 3.96. The lowest BCUT2D eigenvalue weighted by Crippen LogP contribution is -2.02. The minimum atomic E-state index is -0.187. The van der Waals surface area contributed by atoms with Gasteiger partial charge in [0.15, 0.2) is 5.78 Å². The van der Waals surface area contributed by atoms with Gasteiger partial charge < -0.3 is 0 Å². The van der Waals surface area contributed by atoms with Crippen molar-refractivity contribution >= 4 is 40.6 Å². The quantitative estimate of drug-likeness (QED) is 0.698. The molecule has 0 aliphatic rings. The number of hydrogen-bond donors (Lipinski definition) is 0. The standard InChI is InChI=1S/C14H9Cl3O/c1-8-4-9(6-11(16)5-8)14(18)12-7-10(15)2-3-13(12)17/h2-7H,1H3. The number of carbonyl (C=O) groups excluding carboxylic acids is 1. The normalized spacial score (nSPS) is 10.4. The molecule has 0 aliphatic heterocycles. The summed E-state index contributed by atoms with van der Waals surface area (Å²) in [6.45, 7) is 1.88. The second-order valence-corrected chi connectivity index (χ2v) is 5.25. The van der Waals surface area contributed by atoms with Crippen molar-refractivity contribution in [1.82, 2.24) is 0 Å². The zero-order valence-corrected chi connectivity index (χ0v) is 11.8. The molecule has 0 radical (unpaired) electrons. The summed E-state index contributed by atoms with van der Waals surface area (Å²) in [6, 6.07) is 9.98. The molecule has 0 aromatic heterocycles. The first kappa shape index (κ1) is 13.4. The third kappa shape index (κ3) is 2.86. The fraction of sp³-hybridized carbons (Fsp3) is 0.0714. The number of hydrogen-bond acceptors (Lipinski definition) is 1. The van der Waals surface area contributed by atoms with E-state index in [0.29, 0.717) is 26.2 Å². The number of aryl methyl sites for hydroxylation is 1. The molecule has 2 aromatic carbocycles. The largest absolute Gasteiger partial charge is 0.289 e. The Morgan fingerprint density at radius 3 is 2.33 bits per heavy atom. The van der Waals surface area contributed by atoms with Gasteiger partial charge in [-0.15, -0.1) is 0 Å². The molecule has 0 N–H and O–H groups in total. The summed E-state index contributed by atoms with van der Waals surface area (Å²) >= 11 is 17.8. The highest BCUT2D eigenvalue weighted by atomic mass is 35.5. The van der Waals surface area contributed by atoms with Crippen molar-refractivity contribution in [3.05, 3.63) is 68.2 Å². The van der Waals surface area contributed by atoms with E-state index in [1.54, 1.807) is 36.4 Å². The molecule has 4 heteroatoms. The highest BCUT2D eigenvalue weighted by Gasteiger charge is 2.14. The van der Waals surface area contributed by atoms with Crippen molar-refractivity contribution in [2.24, 2.45) is 0 Å². The number of benzene rings is 2. The fourth-order valence-electron chi connectivity index (χ4n) is 1.69. The van der Waals surface area contributed by atoms with Gasteiger partial charge in [0.25, 0.3) is 0 Å². The number of rotatable bonds is 2. The molecule has 0 fully saturated rings. The molecular formula is C14H9Cl3O. The van der Waals surface area contributed by atoms with Gasteiger partial charge in [-0.3, -0.25) is 4.79 Å². The van der Waals surface area contributed by atoms with E-state index in [9.17, 15) is 4.79 Å². The van der Waals surface area contributed by atoms with E-state index in [2.05, 4.69) is 0 Å². The van der Waals surface area contributed by atoms with Gasteiger partial charge in [-0.1, -0.05) is 34.8 Å². The highest BCUT2D eigenvalue weighted by molar-refractivity contribution is 6.37. The summed E-state index contributed by atoms with van der Waals surface area (Å²) in [5, 5.41) is 1.38. The molecule has 0 unspecified atom stereocenters. The van der Waals surface area contributed by atoms with Crippen LogP contribution in [0.25, 0.3) is 0 Å². The van der Waals surface area contributed by atoms with Crippen molar-refractivity contribution in [2.75, 3.05) is 0 Å². The van der Waals surface area contributed by atoms with Crippen LogP contribution in [0.3, 0.4) is 0 Å². The molecule has 2 aromatic rings. The third-order valence-electron chi connectivity index (χ3n) is 2.48. The van der Waals surface area contributed by atoms with Crippen LogP contribution in [0, 0.1) is 6.92 Å². The Bertz CT molecular complexity index is 600. The van der Waals surface area contributed by atoms with Crippen LogP contribution < -0.4 is 0 Å². The third-order valence-corrected chi connectivity index (χ3v) is 3.26. The van der Waals surface area contributed by atoms with Crippen LogP contribution in [0.4, 0.5) is 0 Å². The van der Waals surface area contributed by atoms with E-state index in [0.717, 1.165) is 5.56 Å². The molecule has 92 valence electrons. The second kappa shape index (κ2) is 5.31. The van der Waals surface area contributed by atoms with Crippen molar-refractivity contribution in [3.63, 3.8) is 0 Å². The molecule has 0 spiro atoms. The Labute approximate surface area is 120 Å². The highest BCUT2D eigenvalue weighted by Crippen LogP contribution is 2.25. The average Bonchev–Trinajstić information content (AvgIpc) is 2.30. The lowest BCUT2D eigenvalue weighted by atomic mass is 10.0. The van der Waals surface area contributed by atoms with Crippen LogP contribution in [0.5, 0.6) is 0 Å². The SMILES string of the molecule is Cc1cc(Cl)cc(C(=O)c2cc(Cl)ccc2Cl)c1. The summed E-state index contributed by atoms with van der Waals surface area (Å²) in [7, 11) is 0. The molecule has 1 nitrogen and oxygen atoms in total. The van der Waals surface area contributed by atoms with Gasteiger partial charge in [-0.05, 0) is 48.9 Å². The van der Waals surface area contributed by atoms with Gasteiger partial charge >= 0.3 is 0 Å². The monoisotopic (exact) mass is 298 g/mol. The second-order valence-electron chi connectivity index (χ2n) is 3.97. The Morgan fingerprint density at radius 1 is 0.944 bits per heavy atom. The zero-order chi connectivity index (χ0) is 13.3. The first-order chi connectivity index (χ1) is 8.47. The maximum Gasteiger partial charge on any atom is 0.194 e. The summed E-state index contributed by atoms with van der Waals surface area (Å²) in [5.74, 6) is -0.187. The smallest absolute Gasteiger partial charge is 0.194 e. The Hall–Kier alpha value is -1.02. The van der Waals surface area contributed by atoms with E-state index >= 15 is 0 Å². The van der Waals surface area contributed by atoms with Gasteiger partial charge in [-0.2, -0.15) is 0 Å². The summed E-state index contributed by atoms with van der Waals surface area (Å²) in [6.07, 6.45) is 0. The van der Waals surface area contributed by atoms with Crippen molar-refractivity contribution in [2.45, 2.75) is 6.92 Å². The van der Waals surface area contributed by atoms with Crippen LogP contribution in [-0.2, 0) is 0 Å². The summed E-state index contributed by atoms with van der Waals surface area (Å²) in [4.78, 5) is 12.3. The van der Waals surface area contributed by atoms with Crippen molar-refractivity contribution in [1.29, 1.82) is 0 Å². The molecule has 0 saturated heterocycles. The van der Waals surface area contributed by atoms with Gasteiger partial charge in [0.2, 0.25) is 0 Å². The molecule has 0 heterocycles. The predicted octanol–water partition coefficient (Wildman–Crippen LogP) is 5.19. The number of ketones is 1. The van der Waals surface area contributed by atoms with Crippen LogP contribution in [0.2, 0.25) is 15.1 Å². The van der Waals surface area contributed by atoms with Crippen LogP contribution in [-0.4, -0.2) is 5.78 Å². The lowest BCUT2D eigenvalue weighted by Gasteiger charge is -2.06. The van der Waals surface area contributed by atoms with Gasteiger partial charge in [0, 0.05) is 21.2 Å². The van der Waals surface area contributed by atoms with E-state index in [4.69, 9.17) is 34.8 Å². The molecule has 0 aliphatic carbocycles. The van der Waals surface area contributed by atoms with E-state index < -0.39 is 0 Å². The summed E-state index contributed by atoms with van der Waals surface area (Å²) < 4.78 is 0. The van der Waals surface area contributed by atoms with Crippen LogP contribution in [0.1, 0.15) is 21.5 Å². The van der Waals surface area contributed by atoms with Crippen LogP contribution in [0.15, 0.2) is 36.4 Å². The molecule has 0 saturated carbocycles. The minimum absolute atomic E-state index is 0.187. The van der Waals surface area contributed by atoms with Gasteiger partial charge in [0.1, 0.15) is 0 Å². The fourth-order valence-corrected chi connectivity index (χ4v) is 2.36. The molecular weight excluding hydrogens is 291 g/mol. The topological polar surface area (TPSA) is 17.1 Å². The van der Waals surface area contributed by atoms with Crippen molar-refractivity contribution in [3.8, 4) is 0 Å². The molecule has 0 atom stereocenters. The van der Waals surface area contributed by atoms with Crippen molar-refractivity contribution < 1.29 is 4.79 Å². The number of halogens is 3. The Balaban J connectivity index is 2.51. The maximum absolute atomic E-state index is 12.3. The molecule has 2 rings (SSSR count). The minimum Gasteiger partial charge on any atom is -0.289 e. The first-order valence-corrected chi connectivity index (χ1v) is 6.38. The predicted molar refractivity (Wildman–Crippen MR) is 76.1 cm³/mol. The Morgan fingerprint density at radius 2 is 1.67 bits per heavy atom. The molecule has 0 bridgehead atoms. The maximum atomic E-state index is 12.3. The summed E-state index contributed by atoms with van der Waals surface area (Å²) in [5.41, 5.74) is 1.80. The van der Waals surface area contributed by atoms with Gasteiger partial charge in [0.05, 0.1) is 5.02 Å². The van der Waals surface area contributed by atoms with E-state index in [-0.39, 0.29) is 5.78 Å². The van der Waals surface area contributed by atoms with Gasteiger partial charge in [-0.25, -0.2) is 0 Å². The average molecular weight is 300 g/mol. The zero-order valence-electron chi connectivity index (χ0n) is 9.51. The first-order valence-electron chi connectivity index (χ1n) is 5.24. The molecule has 18 heavy (non-hydrogen) atoms. The van der Waals surface area contributed by atoms with E-state index in [1.807, 2.05) is 6.92 Å².